The van der Waals surface area contributed by atoms with Gasteiger partial charge in [-0.15, -0.1) is 0 Å². The first kappa shape index (κ1) is 12.9. The number of hydrogen-bond acceptors (Lipinski definition) is 4. The summed E-state index contributed by atoms with van der Waals surface area (Å²) in [5.74, 6) is -0.529. The van der Waals surface area contributed by atoms with Crippen molar-refractivity contribution in [2.24, 2.45) is 11.5 Å². The molecule has 0 aliphatic carbocycles. The van der Waals surface area contributed by atoms with Crippen LogP contribution in [-0.2, 0) is 5.54 Å². The van der Waals surface area contributed by atoms with Gasteiger partial charge >= 0.3 is 0 Å². The maximum atomic E-state index is 13.5. The van der Waals surface area contributed by atoms with E-state index in [1.807, 2.05) is 0 Å². The fourth-order valence-corrected chi connectivity index (χ4v) is 2.22. The monoisotopic (exact) mass is 252 g/mol. The molecule has 1 aliphatic rings. The molecular weight excluding hydrogens is 235 g/mol. The van der Waals surface area contributed by atoms with Gasteiger partial charge in [-0.1, -0.05) is 12.1 Å². The largest absolute Gasteiger partial charge is 0.366 e. The van der Waals surface area contributed by atoms with E-state index in [-0.39, 0.29) is 6.17 Å². The van der Waals surface area contributed by atoms with E-state index in [1.165, 1.54) is 0 Å². The summed E-state index contributed by atoms with van der Waals surface area (Å²) < 4.78 is 13.5. The zero-order valence-corrected chi connectivity index (χ0v) is 9.95. The summed E-state index contributed by atoms with van der Waals surface area (Å²) in [5, 5.41) is 6.13. The Morgan fingerprint density at radius 2 is 2.33 bits per heavy atom. The van der Waals surface area contributed by atoms with E-state index in [2.05, 4.69) is 10.6 Å². The van der Waals surface area contributed by atoms with Crippen LogP contribution in [0.2, 0.25) is 0 Å². The van der Waals surface area contributed by atoms with E-state index < -0.39 is 18.1 Å². The molecule has 0 spiro atoms. The van der Waals surface area contributed by atoms with Crippen molar-refractivity contribution in [1.29, 1.82) is 0 Å². The van der Waals surface area contributed by atoms with Crippen molar-refractivity contribution in [2.45, 2.75) is 11.7 Å². The molecule has 1 heterocycles. The molecule has 1 aromatic carbocycles. The van der Waals surface area contributed by atoms with Gasteiger partial charge in [-0.2, -0.15) is 0 Å². The predicted molar refractivity (Wildman–Crippen MR) is 66.6 cm³/mol. The third-order valence-corrected chi connectivity index (χ3v) is 3.18. The lowest BCUT2D eigenvalue weighted by molar-refractivity contribution is 0.0999. The molecule has 1 unspecified atom stereocenters. The van der Waals surface area contributed by atoms with Crippen molar-refractivity contribution in [2.75, 3.05) is 19.8 Å². The SMILES string of the molecule is NC(=O)c1cccc(C2(CF)CNC[C@H](N)N2)c1. The van der Waals surface area contributed by atoms with Gasteiger partial charge in [0.25, 0.3) is 0 Å². The van der Waals surface area contributed by atoms with Gasteiger partial charge in [-0.05, 0) is 17.7 Å². The third kappa shape index (κ3) is 2.35. The number of halogens is 1. The molecule has 18 heavy (non-hydrogen) atoms. The van der Waals surface area contributed by atoms with Crippen LogP contribution in [0.5, 0.6) is 0 Å². The molecule has 1 aromatic rings. The lowest BCUT2D eigenvalue weighted by Gasteiger charge is -2.40. The zero-order valence-electron chi connectivity index (χ0n) is 9.95. The standard InChI is InChI=1S/C12H17FN4O/c13-6-12(7-16-5-10(14)17-12)9-3-1-2-8(4-9)11(15)18/h1-4,10,16-17H,5-7,14H2,(H2,15,18)/t10-,12?/m1/s1. The second-order valence-corrected chi connectivity index (χ2v) is 4.54. The minimum atomic E-state index is -0.900. The van der Waals surface area contributed by atoms with Crippen LogP contribution in [0.4, 0.5) is 4.39 Å². The Balaban J connectivity index is 2.37. The van der Waals surface area contributed by atoms with Crippen molar-refractivity contribution < 1.29 is 9.18 Å². The minimum Gasteiger partial charge on any atom is -0.366 e. The number of benzene rings is 1. The van der Waals surface area contributed by atoms with Crippen LogP contribution in [0.15, 0.2) is 24.3 Å². The first-order chi connectivity index (χ1) is 8.57. The Kier molecular flexibility index (Phi) is 3.60. The lowest BCUT2D eigenvalue weighted by Crippen LogP contribution is -2.65. The zero-order chi connectivity index (χ0) is 13.2. The number of nitrogens with one attached hydrogen (secondary N) is 2. The molecule has 5 nitrogen and oxygen atoms in total. The van der Waals surface area contributed by atoms with Crippen LogP contribution >= 0.6 is 0 Å². The van der Waals surface area contributed by atoms with Gasteiger partial charge in [-0.3, -0.25) is 10.1 Å². The molecule has 0 saturated carbocycles. The van der Waals surface area contributed by atoms with E-state index in [4.69, 9.17) is 11.5 Å². The van der Waals surface area contributed by atoms with Crippen molar-refractivity contribution in [3.8, 4) is 0 Å². The molecule has 98 valence electrons. The van der Waals surface area contributed by atoms with Gasteiger partial charge in [0.1, 0.15) is 6.67 Å². The summed E-state index contributed by atoms with van der Waals surface area (Å²) in [4.78, 5) is 11.2. The van der Waals surface area contributed by atoms with Crippen LogP contribution in [0, 0.1) is 0 Å². The second-order valence-electron chi connectivity index (χ2n) is 4.54. The number of alkyl halides is 1. The topological polar surface area (TPSA) is 93.2 Å². The Hall–Kier alpha value is -1.50. The first-order valence-corrected chi connectivity index (χ1v) is 5.78. The van der Waals surface area contributed by atoms with Crippen molar-refractivity contribution in [3.05, 3.63) is 35.4 Å². The van der Waals surface area contributed by atoms with Crippen molar-refractivity contribution in [3.63, 3.8) is 0 Å². The van der Waals surface area contributed by atoms with Gasteiger partial charge in [0.2, 0.25) is 5.91 Å². The molecule has 6 heteroatoms. The average Bonchev–Trinajstić information content (AvgIpc) is 2.38. The van der Waals surface area contributed by atoms with E-state index in [9.17, 15) is 9.18 Å². The molecular formula is C12H17FN4O. The van der Waals surface area contributed by atoms with Crippen molar-refractivity contribution in [1.82, 2.24) is 10.6 Å². The van der Waals surface area contributed by atoms with Gasteiger partial charge in [0.15, 0.2) is 0 Å². The van der Waals surface area contributed by atoms with Crippen molar-refractivity contribution >= 4 is 5.91 Å². The van der Waals surface area contributed by atoms with Crippen LogP contribution in [0.3, 0.4) is 0 Å². The molecule has 1 amide bonds. The quantitative estimate of drug-likeness (QED) is 0.579. The number of rotatable bonds is 3. The Bertz CT molecular complexity index is 453. The molecule has 6 N–H and O–H groups in total. The summed E-state index contributed by atoms with van der Waals surface area (Å²) in [5.41, 5.74) is 11.2. The molecule has 1 fully saturated rings. The number of nitrogens with two attached hydrogens (primary N) is 2. The van der Waals surface area contributed by atoms with Gasteiger partial charge < -0.3 is 16.8 Å². The Morgan fingerprint density at radius 3 is 2.94 bits per heavy atom. The van der Waals surface area contributed by atoms with Crippen LogP contribution < -0.4 is 22.1 Å². The molecule has 2 rings (SSSR count). The molecule has 0 bridgehead atoms. The summed E-state index contributed by atoms with van der Waals surface area (Å²) in [6.45, 7) is 0.382. The highest BCUT2D eigenvalue weighted by molar-refractivity contribution is 5.92. The first-order valence-electron chi connectivity index (χ1n) is 5.78. The van der Waals surface area contributed by atoms with Gasteiger partial charge in [0.05, 0.1) is 11.7 Å². The highest BCUT2D eigenvalue weighted by Crippen LogP contribution is 2.24. The maximum Gasteiger partial charge on any atom is 0.248 e. The Morgan fingerprint density at radius 1 is 1.56 bits per heavy atom. The Labute approximate surface area is 105 Å². The summed E-state index contributed by atoms with van der Waals surface area (Å²) >= 11 is 0. The molecule has 0 radical (unpaired) electrons. The number of carbonyl (C=O) groups is 1. The number of hydrogen-bond donors (Lipinski definition) is 4. The van der Waals surface area contributed by atoms with E-state index in [1.54, 1.807) is 24.3 Å². The van der Waals surface area contributed by atoms with E-state index in [0.29, 0.717) is 24.2 Å². The fraction of sp³-hybridized carbons (Fsp3) is 0.417. The van der Waals surface area contributed by atoms with Gasteiger partial charge in [-0.25, -0.2) is 4.39 Å². The summed E-state index contributed by atoms with van der Waals surface area (Å²) in [7, 11) is 0. The number of primary amides is 1. The smallest absolute Gasteiger partial charge is 0.248 e. The van der Waals surface area contributed by atoms with Crippen LogP contribution in [0.25, 0.3) is 0 Å². The summed E-state index contributed by atoms with van der Waals surface area (Å²) in [6, 6.07) is 6.66. The highest BCUT2D eigenvalue weighted by Gasteiger charge is 2.36. The minimum absolute atomic E-state index is 0.327. The normalized spacial score (nSPS) is 28.0. The van der Waals surface area contributed by atoms with E-state index >= 15 is 0 Å². The third-order valence-electron chi connectivity index (χ3n) is 3.18. The second kappa shape index (κ2) is 5.01. The highest BCUT2D eigenvalue weighted by atomic mass is 19.1. The molecule has 2 atom stereocenters. The van der Waals surface area contributed by atoms with Crippen LogP contribution in [0.1, 0.15) is 15.9 Å². The molecule has 1 aliphatic heterocycles. The van der Waals surface area contributed by atoms with Gasteiger partial charge in [0, 0.05) is 18.7 Å². The molecule has 1 saturated heterocycles. The lowest BCUT2D eigenvalue weighted by atomic mass is 9.88. The maximum absolute atomic E-state index is 13.5. The van der Waals surface area contributed by atoms with Crippen LogP contribution in [-0.4, -0.2) is 31.8 Å². The fourth-order valence-electron chi connectivity index (χ4n) is 2.22. The predicted octanol–water partition coefficient (Wildman–Crippen LogP) is -0.572. The van der Waals surface area contributed by atoms with E-state index in [0.717, 1.165) is 0 Å². The number of carbonyl (C=O) groups excluding carboxylic acids is 1. The molecule has 0 aromatic heterocycles. The number of amides is 1. The average molecular weight is 252 g/mol. The summed E-state index contributed by atoms with van der Waals surface area (Å²) in [6.07, 6.45) is -0.327. The number of piperazine rings is 1.